The predicted molar refractivity (Wildman–Crippen MR) is 123 cm³/mol. The molecule has 0 aliphatic rings. The van der Waals surface area contributed by atoms with Gasteiger partial charge in [-0.2, -0.15) is 0 Å². The number of carbonyl (C=O) groups is 2. The van der Waals surface area contributed by atoms with Gasteiger partial charge in [0.05, 0.1) is 6.10 Å². The number of hydrogen-bond acceptors (Lipinski definition) is 5. The van der Waals surface area contributed by atoms with E-state index in [4.69, 9.17) is 21.7 Å². The minimum atomic E-state index is -0.445. The second-order valence-corrected chi connectivity index (χ2v) is 7.32. The van der Waals surface area contributed by atoms with E-state index in [0.717, 1.165) is 10.8 Å². The minimum Gasteiger partial charge on any atom is -0.491 e. The third-order valence-corrected chi connectivity index (χ3v) is 4.34. The molecule has 2 amide bonds. The van der Waals surface area contributed by atoms with Crippen LogP contribution >= 0.6 is 12.2 Å². The van der Waals surface area contributed by atoms with Gasteiger partial charge in [0.2, 0.25) is 0 Å². The molecule has 31 heavy (non-hydrogen) atoms. The maximum absolute atomic E-state index is 12.3. The highest BCUT2D eigenvalue weighted by Crippen LogP contribution is 2.24. The number of amides is 2. The summed E-state index contributed by atoms with van der Waals surface area (Å²) >= 11 is 5.05. The average molecular weight is 438 g/mol. The number of hydrogen-bond donors (Lipinski definition) is 3. The lowest BCUT2D eigenvalue weighted by Crippen LogP contribution is -2.49. The van der Waals surface area contributed by atoms with Gasteiger partial charge in [0.25, 0.3) is 11.8 Å². The van der Waals surface area contributed by atoms with E-state index in [2.05, 4.69) is 16.2 Å². The van der Waals surface area contributed by atoms with Gasteiger partial charge in [-0.25, -0.2) is 0 Å². The first-order valence-electron chi connectivity index (χ1n) is 9.70. The molecule has 0 aromatic heterocycles. The number of rotatable bonds is 6. The molecule has 0 aliphatic heterocycles. The Kier molecular flexibility index (Phi) is 7.40. The van der Waals surface area contributed by atoms with Gasteiger partial charge in [-0.15, -0.1) is 0 Å². The molecule has 0 radical (unpaired) electrons. The first-order valence-corrected chi connectivity index (χ1v) is 10.1. The van der Waals surface area contributed by atoms with Crippen LogP contribution in [-0.2, 0) is 4.79 Å². The smallest absolute Gasteiger partial charge is 0.276 e. The van der Waals surface area contributed by atoms with Crippen LogP contribution in [0.4, 0.5) is 0 Å². The summed E-state index contributed by atoms with van der Waals surface area (Å²) < 4.78 is 11.2. The SMILES string of the molecule is CC(C)Oc1ccc(C(=O)NC(=S)NNC(=O)COc2cccc3ccccc23)cc1. The molecule has 0 unspecified atom stereocenters. The van der Waals surface area contributed by atoms with Gasteiger partial charge in [-0.1, -0.05) is 36.4 Å². The van der Waals surface area contributed by atoms with Crippen molar-refractivity contribution in [1.82, 2.24) is 16.2 Å². The highest BCUT2D eigenvalue weighted by Gasteiger charge is 2.10. The second-order valence-electron chi connectivity index (χ2n) is 6.91. The second kappa shape index (κ2) is 10.4. The van der Waals surface area contributed by atoms with Crippen molar-refractivity contribution in [2.45, 2.75) is 20.0 Å². The number of benzene rings is 3. The van der Waals surface area contributed by atoms with Crippen molar-refractivity contribution in [1.29, 1.82) is 0 Å². The summed E-state index contributed by atoms with van der Waals surface area (Å²) in [4.78, 5) is 24.3. The van der Waals surface area contributed by atoms with Crippen molar-refractivity contribution in [3.05, 3.63) is 72.3 Å². The largest absolute Gasteiger partial charge is 0.491 e. The molecule has 160 valence electrons. The van der Waals surface area contributed by atoms with Crippen LogP contribution in [0, 0.1) is 0 Å². The Morgan fingerprint density at radius 3 is 2.39 bits per heavy atom. The molecule has 0 saturated heterocycles. The van der Waals surface area contributed by atoms with Crippen LogP contribution in [-0.4, -0.2) is 29.6 Å². The Morgan fingerprint density at radius 1 is 0.935 bits per heavy atom. The third kappa shape index (κ3) is 6.42. The Morgan fingerprint density at radius 2 is 1.65 bits per heavy atom. The highest BCUT2D eigenvalue weighted by molar-refractivity contribution is 7.80. The van der Waals surface area contributed by atoms with Crippen molar-refractivity contribution in [2.75, 3.05) is 6.61 Å². The van der Waals surface area contributed by atoms with E-state index in [1.165, 1.54) is 0 Å². The number of nitrogens with one attached hydrogen (secondary N) is 3. The quantitative estimate of drug-likeness (QED) is 0.405. The maximum Gasteiger partial charge on any atom is 0.276 e. The van der Waals surface area contributed by atoms with E-state index >= 15 is 0 Å². The molecule has 3 N–H and O–H groups in total. The molecule has 0 fully saturated rings. The van der Waals surface area contributed by atoms with Crippen molar-refractivity contribution in [3.8, 4) is 11.5 Å². The third-order valence-electron chi connectivity index (χ3n) is 4.14. The summed E-state index contributed by atoms with van der Waals surface area (Å²) in [6.07, 6.45) is 0.0460. The Balaban J connectivity index is 1.44. The first-order chi connectivity index (χ1) is 14.9. The van der Waals surface area contributed by atoms with Crippen molar-refractivity contribution >= 4 is 39.9 Å². The van der Waals surface area contributed by atoms with Gasteiger partial charge in [0.1, 0.15) is 11.5 Å². The lowest BCUT2D eigenvalue weighted by molar-refractivity contribution is -0.123. The normalized spacial score (nSPS) is 10.4. The van der Waals surface area contributed by atoms with Gasteiger partial charge >= 0.3 is 0 Å². The monoisotopic (exact) mass is 437 g/mol. The van der Waals surface area contributed by atoms with E-state index in [-0.39, 0.29) is 17.8 Å². The Bertz CT molecular complexity index is 1080. The fraction of sp³-hybridized carbons (Fsp3) is 0.174. The molecule has 0 bridgehead atoms. The van der Waals surface area contributed by atoms with Crippen molar-refractivity contribution in [3.63, 3.8) is 0 Å². The van der Waals surface area contributed by atoms with Crippen LogP contribution in [0.1, 0.15) is 24.2 Å². The van der Waals surface area contributed by atoms with Crippen LogP contribution in [0.2, 0.25) is 0 Å². The highest BCUT2D eigenvalue weighted by atomic mass is 32.1. The fourth-order valence-corrected chi connectivity index (χ4v) is 2.93. The summed E-state index contributed by atoms with van der Waals surface area (Å²) in [7, 11) is 0. The molecular formula is C23H23N3O4S. The maximum atomic E-state index is 12.3. The molecule has 3 aromatic carbocycles. The molecule has 0 atom stereocenters. The van der Waals surface area contributed by atoms with Gasteiger partial charge in [0.15, 0.2) is 11.7 Å². The van der Waals surface area contributed by atoms with Gasteiger partial charge in [-0.05, 0) is 61.8 Å². The first kappa shape index (κ1) is 22.0. The topological polar surface area (TPSA) is 88.7 Å². The van der Waals surface area contributed by atoms with Crippen LogP contribution in [0.25, 0.3) is 10.8 Å². The molecule has 0 spiro atoms. The number of fused-ring (bicyclic) bond motifs is 1. The lowest BCUT2D eigenvalue weighted by atomic mass is 10.1. The standard InChI is InChI=1S/C23H23N3O4S/c1-15(2)30-18-12-10-17(11-13-18)22(28)24-23(31)26-25-21(27)14-29-20-9-5-7-16-6-3-4-8-19(16)20/h3-13,15H,14H2,1-2H3,(H,25,27)(H2,24,26,28,31). The zero-order valence-electron chi connectivity index (χ0n) is 17.2. The van der Waals surface area contributed by atoms with E-state index in [1.807, 2.05) is 50.2 Å². The molecule has 7 nitrogen and oxygen atoms in total. The molecule has 0 aliphatic carbocycles. The van der Waals surface area contributed by atoms with E-state index < -0.39 is 11.8 Å². The van der Waals surface area contributed by atoms with Crippen LogP contribution < -0.4 is 25.6 Å². The van der Waals surface area contributed by atoms with Crippen LogP contribution in [0.5, 0.6) is 11.5 Å². The molecule has 3 rings (SSSR count). The van der Waals surface area contributed by atoms with E-state index in [9.17, 15) is 9.59 Å². The Hall–Kier alpha value is -3.65. The molecule has 3 aromatic rings. The predicted octanol–water partition coefficient (Wildman–Crippen LogP) is 3.34. The van der Waals surface area contributed by atoms with Gasteiger partial charge in [-0.3, -0.25) is 25.8 Å². The van der Waals surface area contributed by atoms with Crippen molar-refractivity contribution < 1.29 is 19.1 Å². The molecule has 0 saturated carbocycles. The minimum absolute atomic E-state index is 0.0361. The molecular weight excluding hydrogens is 414 g/mol. The summed E-state index contributed by atoms with van der Waals surface area (Å²) in [5, 5.41) is 4.39. The van der Waals surface area contributed by atoms with Gasteiger partial charge in [0, 0.05) is 10.9 Å². The summed E-state index contributed by atoms with van der Waals surface area (Å²) in [5.74, 6) is 0.425. The average Bonchev–Trinajstić information content (AvgIpc) is 2.76. The number of ether oxygens (including phenoxy) is 2. The van der Waals surface area contributed by atoms with E-state index in [1.54, 1.807) is 30.3 Å². The number of carbonyl (C=O) groups excluding carboxylic acids is 2. The van der Waals surface area contributed by atoms with Crippen molar-refractivity contribution in [2.24, 2.45) is 0 Å². The fourth-order valence-electron chi connectivity index (χ4n) is 2.79. The lowest BCUT2D eigenvalue weighted by Gasteiger charge is -2.13. The van der Waals surface area contributed by atoms with Crippen LogP contribution in [0.3, 0.4) is 0 Å². The molecule has 8 heteroatoms. The number of hydrazine groups is 1. The molecule has 0 heterocycles. The van der Waals surface area contributed by atoms with E-state index in [0.29, 0.717) is 17.1 Å². The van der Waals surface area contributed by atoms with Crippen LogP contribution in [0.15, 0.2) is 66.7 Å². The zero-order valence-corrected chi connectivity index (χ0v) is 18.0. The Labute approximate surface area is 185 Å². The summed E-state index contributed by atoms with van der Waals surface area (Å²) in [5.41, 5.74) is 5.30. The van der Waals surface area contributed by atoms with Gasteiger partial charge < -0.3 is 9.47 Å². The summed E-state index contributed by atoms with van der Waals surface area (Å²) in [6, 6.07) is 20.0. The zero-order chi connectivity index (χ0) is 22.2. The number of thiocarbonyl (C=S) groups is 1. The summed E-state index contributed by atoms with van der Waals surface area (Å²) in [6.45, 7) is 3.63.